The lowest BCUT2D eigenvalue weighted by Crippen LogP contribution is -2.43. The summed E-state index contributed by atoms with van der Waals surface area (Å²) in [7, 11) is 2.19. The number of furan rings is 1. The molecule has 1 aliphatic rings. The molecular formula is C16H28N2O. The van der Waals surface area contributed by atoms with Gasteiger partial charge in [0.1, 0.15) is 11.5 Å². The van der Waals surface area contributed by atoms with Crippen LogP contribution in [0.4, 0.5) is 0 Å². The molecule has 1 saturated heterocycles. The van der Waals surface area contributed by atoms with Crippen LogP contribution in [0, 0.1) is 18.3 Å². The molecule has 3 heteroatoms. The van der Waals surface area contributed by atoms with Crippen LogP contribution >= 0.6 is 0 Å². The summed E-state index contributed by atoms with van der Waals surface area (Å²) in [5, 5.41) is 3.53. The SMILES string of the molecule is Cc1ccc(CN(C)CC(C)(C)C2CCCNC2)o1. The minimum absolute atomic E-state index is 0.351. The lowest BCUT2D eigenvalue weighted by molar-refractivity contribution is 0.107. The van der Waals surface area contributed by atoms with Gasteiger partial charge in [0, 0.05) is 6.54 Å². The third kappa shape index (κ3) is 4.08. The quantitative estimate of drug-likeness (QED) is 0.886. The zero-order chi connectivity index (χ0) is 13.9. The maximum Gasteiger partial charge on any atom is 0.118 e. The molecule has 2 rings (SSSR count). The summed E-state index contributed by atoms with van der Waals surface area (Å²) >= 11 is 0. The average molecular weight is 264 g/mol. The smallest absolute Gasteiger partial charge is 0.118 e. The van der Waals surface area contributed by atoms with Gasteiger partial charge in [0.2, 0.25) is 0 Å². The Hall–Kier alpha value is -0.800. The van der Waals surface area contributed by atoms with E-state index in [4.69, 9.17) is 4.42 Å². The highest BCUT2D eigenvalue weighted by atomic mass is 16.3. The highest BCUT2D eigenvalue weighted by Crippen LogP contribution is 2.32. The van der Waals surface area contributed by atoms with E-state index in [0.29, 0.717) is 5.41 Å². The highest BCUT2D eigenvalue weighted by molar-refractivity contribution is 5.05. The third-order valence-electron chi connectivity index (χ3n) is 4.30. The van der Waals surface area contributed by atoms with Gasteiger partial charge in [-0.25, -0.2) is 0 Å². The molecule has 0 bridgehead atoms. The van der Waals surface area contributed by atoms with Crippen LogP contribution in [0.2, 0.25) is 0 Å². The molecule has 1 aliphatic heterocycles. The van der Waals surface area contributed by atoms with Gasteiger partial charge in [0.05, 0.1) is 6.54 Å². The van der Waals surface area contributed by atoms with Gasteiger partial charge >= 0.3 is 0 Å². The summed E-state index contributed by atoms with van der Waals surface area (Å²) in [6, 6.07) is 4.13. The zero-order valence-corrected chi connectivity index (χ0v) is 12.8. The van der Waals surface area contributed by atoms with Gasteiger partial charge in [0.25, 0.3) is 0 Å². The van der Waals surface area contributed by atoms with Crippen LogP contribution in [0.5, 0.6) is 0 Å². The lowest BCUT2D eigenvalue weighted by Gasteiger charge is -2.39. The zero-order valence-electron chi connectivity index (χ0n) is 12.8. The Balaban J connectivity index is 1.87. The topological polar surface area (TPSA) is 28.4 Å². The summed E-state index contributed by atoms with van der Waals surface area (Å²) in [5.41, 5.74) is 0.351. The molecule has 1 N–H and O–H groups in total. The summed E-state index contributed by atoms with van der Waals surface area (Å²) in [6.07, 6.45) is 2.67. The van der Waals surface area contributed by atoms with Crippen LogP contribution in [-0.2, 0) is 6.54 Å². The van der Waals surface area contributed by atoms with Gasteiger partial charge in [-0.15, -0.1) is 0 Å². The number of aryl methyl sites for hydroxylation is 1. The van der Waals surface area contributed by atoms with E-state index in [-0.39, 0.29) is 0 Å². The van der Waals surface area contributed by atoms with Gasteiger partial charge < -0.3 is 9.73 Å². The standard InChI is InChI=1S/C16H28N2O/c1-13-7-8-15(19-13)11-18(4)12-16(2,3)14-6-5-9-17-10-14/h7-8,14,17H,5-6,9-12H2,1-4H3. The van der Waals surface area contributed by atoms with Crippen molar-refractivity contribution < 1.29 is 4.42 Å². The van der Waals surface area contributed by atoms with Gasteiger partial charge in [-0.05, 0) is 63.4 Å². The van der Waals surface area contributed by atoms with Crippen molar-refractivity contribution in [3.8, 4) is 0 Å². The number of nitrogens with zero attached hydrogens (tertiary/aromatic N) is 1. The van der Waals surface area contributed by atoms with Crippen molar-refractivity contribution in [3.05, 3.63) is 23.7 Å². The number of rotatable bonds is 5. The molecule has 0 aromatic carbocycles. The van der Waals surface area contributed by atoms with Gasteiger partial charge in [-0.2, -0.15) is 0 Å². The molecule has 0 amide bonds. The second-order valence-corrected chi connectivity index (χ2v) is 6.72. The van der Waals surface area contributed by atoms with Crippen LogP contribution in [-0.4, -0.2) is 31.6 Å². The fraction of sp³-hybridized carbons (Fsp3) is 0.750. The van der Waals surface area contributed by atoms with Crippen molar-refractivity contribution >= 4 is 0 Å². The van der Waals surface area contributed by atoms with E-state index in [1.807, 2.05) is 13.0 Å². The van der Waals surface area contributed by atoms with Crippen molar-refractivity contribution in [1.82, 2.24) is 10.2 Å². The van der Waals surface area contributed by atoms with Gasteiger partial charge in [-0.1, -0.05) is 13.8 Å². The lowest BCUT2D eigenvalue weighted by atomic mass is 9.74. The highest BCUT2D eigenvalue weighted by Gasteiger charge is 2.31. The first-order valence-corrected chi connectivity index (χ1v) is 7.42. The molecule has 1 aromatic heterocycles. The maximum absolute atomic E-state index is 5.66. The predicted molar refractivity (Wildman–Crippen MR) is 79.2 cm³/mol. The van der Waals surface area contributed by atoms with Gasteiger partial charge in [0.15, 0.2) is 0 Å². The molecule has 3 nitrogen and oxygen atoms in total. The van der Waals surface area contributed by atoms with Crippen LogP contribution in [0.15, 0.2) is 16.5 Å². The van der Waals surface area contributed by atoms with E-state index in [1.165, 1.54) is 25.9 Å². The van der Waals surface area contributed by atoms with Crippen LogP contribution in [0.1, 0.15) is 38.2 Å². The van der Waals surface area contributed by atoms with E-state index in [0.717, 1.165) is 30.5 Å². The monoisotopic (exact) mass is 264 g/mol. The fourth-order valence-corrected chi connectivity index (χ4v) is 3.24. The molecule has 0 aliphatic carbocycles. The largest absolute Gasteiger partial charge is 0.465 e. The van der Waals surface area contributed by atoms with Crippen LogP contribution in [0.25, 0.3) is 0 Å². The molecular weight excluding hydrogens is 236 g/mol. The second-order valence-electron chi connectivity index (χ2n) is 6.72. The van der Waals surface area contributed by atoms with Crippen molar-refractivity contribution in [2.24, 2.45) is 11.3 Å². The van der Waals surface area contributed by atoms with Crippen molar-refractivity contribution in [2.75, 3.05) is 26.7 Å². The maximum atomic E-state index is 5.66. The second kappa shape index (κ2) is 6.10. The van der Waals surface area contributed by atoms with E-state index in [9.17, 15) is 0 Å². The molecule has 0 saturated carbocycles. The fourth-order valence-electron chi connectivity index (χ4n) is 3.24. The molecule has 1 atom stereocenters. The Kier molecular flexibility index (Phi) is 4.69. The van der Waals surface area contributed by atoms with Crippen molar-refractivity contribution in [1.29, 1.82) is 0 Å². The first kappa shape index (κ1) is 14.6. The Morgan fingerprint density at radius 2 is 2.21 bits per heavy atom. The molecule has 0 radical (unpaired) electrons. The summed E-state index contributed by atoms with van der Waals surface area (Å²) in [6.45, 7) is 11.2. The minimum atomic E-state index is 0.351. The molecule has 0 spiro atoms. The Labute approximate surface area is 117 Å². The molecule has 1 fully saturated rings. The van der Waals surface area contributed by atoms with E-state index >= 15 is 0 Å². The van der Waals surface area contributed by atoms with Crippen molar-refractivity contribution in [3.63, 3.8) is 0 Å². The van der Waals surface area contributed by atoms with E-state index < -0.39 is 0 Å². The number of hydrogen-bond donors (Lipinski definition) is 1. The molecule has 108 valence electrons. The molecule has 2 heterocycles. The molecule has 1 unspecified atom stereocenters. The molecule has 1 aromatic rings. The summed E-state index contributed by atoms with van der Waals surface area (Å²) < 4.78 is 5.66. The number of nitrogens with one attached hydrogen (secondary N) is 1. The Bertz CT molecular complexity index is 391. The number of hydrogen-bond acceptors (Lipinski definition) is 3. The van der Waals surface area contributed by atoms with E-state index in [1.54, 1.807) is 0 Å². The molecule has 19 heavy (non-hydrogen) atoms. The third-order valence-corrected chi connectivity index (χ3v) is 4.30. The Morgan fingerprint density at radius 3 is 2.79 bits per heavy atom. The number of piperidine rings is 1. The first-order valence-electron chi connectivity index (χ1n) is 7.42. The first-order chi connectivity index (χ1) is 8.97. The van der Waals surface area contributed by atoms with Crippen LogP contribution in [0.3, 0.4) is 0 Å². The summed E-state index contributed by atoms with van der Waals surface area (Å²) in [4.78, 5) is 2.38. The van der Waals surface area contributed by atoms with Crippen molar-refractivity contribution in [2.45, 2.75) is 40.2 Å². The van der Waals surface area contributed by atoms with E-state index in [2.05, 4.69) is 37.2 Å². The Morgan fingerprint density at radius 1 is 1.42 bits per heavy atom. The van der Waals surface area contributed by atoms with Gasteiger partial charge in [-0.3, -0.25) is 4.90 Å². The van der Waals surface area contributed by atoms with Crippen LogP contribution < -0.4 is 5.32 Å². The predicted octanol–water partition coefficient (Wildman–Crippen LogP) is 3.05. The summed E-state index contributed by atoms with van der Waals surface area (Å²) in [5.74, 6) is 2.85. The normalized spacial score (nSPS) is 21.0. The minimum Gasteiger partial charge on any atom is -0.465 e. The average Bonchev–Trinajstić information content (AvgIpc) is 2.75.